The van der Waals surface area contributed by atoms with Gasteiger partial charge in [-0.05, 0) is 30.7 Å². The van der Waals surface area contributed by atoms with Crippen molar-refractivity contribution >= 4 is 17.1 Å². The number of aromatic carboxylic acids is 1. The molecule has 0 saturated carbocycles. The van der Waals surface area contributed by atoms with E-state index in [1.807, 2.05) is 13.0 Å². The number of carboxylic acid groups (broad SMARTS) is 1. The van der Waals surface area contributed by atoms with Gasteiger partial charge in [-0.25, -0.2) is 14.8 Å². The van der Waals surface area contributed by atoms with Crippen molar-refractivity contribution in [2.24, 2.45) is 0 Å². The number of nitrogens with zero attached hydrogens (tertiary/aromatic N) is 2. The zero-order valence-corrected chi connectivity index (χ0v) is 10.2. The zero-order valence-electron chi connectivity index (χ0n) is 10.2. The summed E-state index contributed by atoms with van der Waals surface area (Å²) in [4.78, 5) is 22.6. The molecule has 3 rings (SSSR count). The van der Waals surface area contributed by atoms with Gasteiger partial charge in [-0.1, -0.05) is 12.1 Å². The quantitative estimate of drug-likeness (QED) is 0.735. The topological polar surface area (TPSA) is 78.9 Å². The fourth-order valence-electron chi connectivity index (χ4n) is 1.94. The Kier molecular flexibility index (Phi) is 2.52. The van der Waals surface area contributed by atoms with Crippen LogP contribution in [-0.4, -0.2) is 26.0 Å². The number of nitrogens with one attached hydrogen (secondary N) is 1. The smallest absolute Gasteiger partial charge is 0.335 e. The van der Waals surface area contributed by atoms with Gasteiger partial charge in [0.1, 0.15) is 5.82 Å². The molecule has 2 aromatic heterocycles. The SMILES string of the molecule is Cc1ccnc2nc(-c3ccc(C(=O)O)cc3)[nH]c12. The van der Waals surface area contributed by atoms with Gasteiger partial charge in [0.2, 0.25) is 0 Å². The van der Waals surface area contributed by atoms with Crippen LogP contribution in [0.3, 0.4) is 0 Å². The lowest BCUT2D eigenvalue weighted by Crippen LogP contribution is -1.95. The maximum atomic E-state index is 10.8. The molecule has 0 spiro atoms. The molecule has 0 aliphatic heterocycles. The second-order valence-electron chi connectivity index (χ2n) is 4.29. The highest BCUT2D eigenvalue weighted by Crippen LogP contribution is 2.21. The normalized spacial score (nSPS) is 10.8. The van der Waals surface area contributed by atoms with Gasteiger partial charge in [-0.15, -0.1) is 0 Å². The molecule has 0 unspecified atom stereocenters. The van der Waals surface area contributed by atoms with Crippen LogP contribution in [0.15, 0.2) is 36.5 Å². The van der Waals surface area contributed by atoms with Crippen molar-refractivity contribution < 1.29 is 9.90 Å². The first kappa shape index (κ1) is 11.4. The summed E-state index contributed by atoms with van der Waals surface area (Å²) in [6.07, 6.45) is 1.72. The van der Waals surface area contributed by atoms with Gasteiger partial charge >= 0.3 is 5.97 Å². The van der Waals surface area contributed by atoms with Gasteiger partial charge in [0.25, 0.3) is 0 Å². The first-order valence-electron chi connectivity index (χ1n) is 5.80. The van der Waals surface area contributed by atoms with Crippen LogP contribution in [0.5, 0.6) is 0 Å². The maximum Gasteiger partial charge on any atom is 0.335 e. The van der Waals surface area contributed by atoms with Gasteiger partial charge < -0.3 is 10.1 Å². The number of pyridine rings is 1. The molecule has 0 atom stereocenters. The Balaban J connectivity index is 2.09. The Hall–Kier alpha value is -2.69. The van der Waals surface area contributed by atoms with Crippen LogP contribution in [-0.2, 0) is 0 Å². The van der Waals surface area contributed by atoms with Gasteiger partial charge in [0.15, 0.2) is 5.65 Å². The van der Waals surface area contributed by atoms with Crippen molar-refractivity contribution in [1.82, 2.24) is 15.0 Å². The average Bonchev–Trinajstić information content (AvgIpc) is 2.84. The molecule has 2 N–H and O–H groups in total. The second-order valence-corrected chi connectivity index (χ2v) is 4.29. The minimum atomic E-state index is -0.936. The molecule has 19 heavy (non-hydrogen) atoms. The van der Waals surface area contributed by atoms with Crippen LogP contribution in [0.4, 0.5) is 0 Å². The first-order chi connectivity index (χ1) is 9.15. The Bertz CT molecular complexity index is 760. The number of H-pyrrole nitrogens is 1. The summed E-state index contributed by atoms with van der Waals surface area (Å²) in [5.41, 5.74) is 3.74. The standard InChI is InChI=1S/C14H11N3O2/c1-8-6-7-15-13-11(8)16-12(17-13)9-2-4-10(5-3-9)14(18)19/h2-7H,1H3,(H,18,19)(H,15,16,17). The third kappa shape index (κ3) is 1.95. The van der Waals surface area contributed by atoms with Crippen molar-refractivity contribution in [3.05, 3.63) is 47.7 Å². The molecular formula is C14H11N3O2. The molecule has 0 aliphatic rings. The molecular weight excluding hydrogens is 242 g/mol. The lowest BCUT2D eigenvalue weighted by Gasteiger charge is -1.97. The van der Waals surface area contributed by atoms with Crippen LogP contribution < -0.4 is 0 Å². The number of benzene rings is 1. The highest BCUT2D eigenvalue weighted by Gasteiger charge is 2.08. The largest absolute Gasteiger partial charge is 0.478 e. The molecule has 0 saturated heterocycles. The van der Waals surface area contributed by atoms with E-state index in [1.54, 1.807) is 30.5 Å². The zero-order chi connectivity index (χ0) is 13.4. The van der Waals surface area contributed by atoms with Crippen molar-refractivity contribution in [2.45, 2.75) is 6.92 Å². The van der Waals surface area contributed by atoms with Gasteiger partial charge in [-0.2, -0.15) is 0 Å². The fourth-order valence-corrected chi connectivity index (χ4v) is 1.94. The summed E-state index contributed by atoms with van der Waals surface area (Å²) in [6, 6.07) is 8.50. The molecule has 0 amide bonds. The molecule has 0 fully saturated rings. The van der Waals surface area contributed by atoms with E-state index in [1.165, 1.54) is 0 Å². The fraction of sp³-hybridized carbons (Fsp3) is 0.0714. The summed E-state index contributed by atoms with van der Waals surface area (Å²) in [5, 5.41) is 8.86. The molecule has 0 radical (unpaired) electrons. The van der Waals surface area contributed by atoms with E-state index < -0.39 is 5.97 Å². The Morgan fingerprint density at radius 3 is 2.58 bits per heavy atom. The van der Waals surface area contributed by atoms with Crippen LogP contribution in [0.2, 0.25) is 0 Å². The van der Waals surface area contributed by atoms with Gasteiger partial charge in [0, 0.05) is 11.8 Å². The van der Waals surface area contributed by atoms with Crippen LogP contribution >= 0.6 is 0 Å². The molecule has 5 heteroatoms. The van der Waals surface area contributed by atoms with E-state index in [-0.39, 0.29) is 5.56 Å². The molecule has 94 valence electrons. The number of rotatable bonds is 2. The average molecular weight is 253 g/mol. The number of aromatic nitrogens is 3. The number of hydrogen-bond acceptors (Lipinski definition) is 3. The van der Waals surface area contributed by atoms with E-state index in [2.05, 4.69) is 15.0 Å². The predicted molar refractivity (Wildman–Crippen MR) is 71.0 cm³/mol. The van der Waals surface area contributed by atoms with Gasteiger partial charge in [-0.3, -0.25) is 0 Å². The summed E-state index contributed by atoms with van der Waals surface area (Å²) < 4.78 is 0. The molecule has 0 aliphatic carbocycles. The van der Waals surface area contributed by atoms with Crippen LogP contribution in [0.25, 0.3) is 22.6 Å². The Morgan fingerprint density at radius 2 is 1.95 bits per heavy atom. The maximum absolute atomic E-state index is 10.8. The summed E-state index contributed by atoms with van der Waals surface area (Å²) in [5.74, 6) is -0.248. The number of carbonyl (C=O) groups is 1. The lowest BCUT2D eigenvalue weighted by molar-refractivity contribution is 0.0697. The van der Waals surface area contributed by atoms with Crippen molar-refractivity contribution in [3.63, 3.8) is 0 Å². The van der Waals surface area contributed by atoms with E-state index in [9.17, 15) is 4.79 Å². The van der Waals surface area contributed by atoms with E-state index in [0.29, 0.717) is 11.5 Å². The first-order valence-corrected chi connectivity index (χ1v) is 5.80. The van der Waals surface area contributed by atoms with Crippen LogP contribution in [0.1, 0.15) is 15.9 Å². The van der Waals surface area contributed by atoms with Crippen molar-refractivity contribution in [3.8, 4) is 11.4 Å². The number of carboxylic acids is 1. The van der Waals surface area contributed by atoms with Crippen molar-refractivity contribution in [1.29, 1.82) is 0 Å². The minimum Gasteiger partial charge on any atom is -0.478 e. The summed E-state index contributed by atoms with van der Waals surface area (Å²) >= 11 is 0. The molecule has 3 aromatic rings. The predicted octanol–water partition coefficient (Wildman–Crippen LogP) is 2.63. The molecule has 5 nitrogen and oxygen atoms in total. The third-order valence-corrected chi connectivity index (χ3v) is 3.01. The van der Waals surface area contributed by atoms with E-state index in [4.69, 9.17) is 5.11 Å². The minimum absolute atomic E-state index is 0.258. The number of aromatic amines is 1. The van der Waals surface area contributed by atoms with Crippen molar-refractivity contribution in [2.75, 3.05) is 0 Å². The third-order valence-electron chi connectivity index (χ3n) is 3.01. The van der Waals surface area contributed by atoms with E-state index >= 15 is 0 Å². The summed E-state index contributed by atoms with van der Waals surface area (Å²) in [7, 11) is 0. The van der Waals surface area contributed by atoms with Gasteiger partial charge in [0.05, 0.1) is 11.1 Å². The highest BCUT2D eigenvalue weighted by atomic mass is 16.4. The Morgan fingerprint density at radius 1 is 1.21 bits per heavy atom. The van der Waals surface area contributed by atoms with E-state index in [0.717, 1.165) is 16.6 Å². The summed E-state index contributed by atoms with van der Waals surface area (Å²) in [6.45, 7) is 1.99. The Labute approximate surface area is 109 Å². The van der Waals surface area contributed by atoms with Crippen LogP contribution in [0, 0.1) is 6.92 Å². The number of aryl methyl sites for hydroxylation is 1. The highest BCUT2D eigenvalue weighted by molar-refractivity contribution is 5.88. The number of imidazole rings is 1. The molecule has 2 heterocycles. The molecule has 0 bridgehead atoms. The second kappa shape index (κ2) is 4.20. The lowest BCUT2D eigenvalue weighted by atomic mass is 10.1. The molecule has 1 aromatic carbocycles. The number of hydrogen-bond donors (Lipinski definition) is 2. The number of fused-ring (bicyclic) bond motifs is 1. The monoisotopic (exact) mass is 253 g/mol.